The van der Waals surface area contributed by atoms with Crippen LogP contribution in [0, 0.1) is 11.3 Å². The number of benzene rings is 1. The molecule has 0 saturated heterocycles. The number of rotatable bonds is 2. The van der Waals surface area contributed by atoms with Crippen LogP contribution in [0.1, 0.15) is 30.9 Å². The quantitative estimate of drug-likeness (QED) is 0.845. The van der Waals surface area contributed by atoms with Crippen molar-refractivity contribution >= 4 is 0 Å². The fraction of sp³-hybridized carbons (Fsp3) is 0.538. The lowest BCUT2D eigenvalue weighted by molar-refractivity contribution is -0.137. The van der Waals surface area contributed by atoms with E-state index in [-0.39, 0.29) is 23.9 Å². The molecule has 2 atom stereocenters. The van der Waals surface area contributed by atoms with Crippen molar-refractivity contribution in [3.63, 3.8) is 0 Å². The van der Waals surface area contributed by atoms with Crippen LogP contribution in [0.2, 0.25) is 0 Å². The molecule has 0 aromatic heterocycles. The highest BCUT2D eigenvalue weighted by molar-refractivity contribution is 5.35. The predicted octanol–water partition coefficient (Wildman–Crippen LogP) is 3.44. The Morgan fingerprint density at radius 2 is 1.94 bits per heavy atom. The van der Waals surface area contributed by atoms with Crippen molar-refractivity contribution < 1.29 is 18.3 Å². The van der Waals surface area contributed by atoms with E-state index in [1.54, 1.807) is 6.07 Å². The molecule has 0 aliphatic heterocycles. The van der Waals surface area contributed by atoms with Crippen LogP contribution < -0.4 is 0 Å². The summed E-state index contributed by atoms with van der Waals surface area (Å²) in [5, 5.41) is 9.18. The topological polar surface area (TPSA) is 20.2 Å². The first kappa shape index (κ1) is 12.4. The molecular weight excluding hydrogens is 229 g/mol. The van der Waals surface area contributed by atoms with Gasteiger partial charge in [-0.1, -0.05) is 32.0 Å². The van der Waals surface area contributed by atoms with Gasteiger partial charge in [0.2, 0.25) is 0 Å². The first-order valence-corrected chi connectivity index (χ1v) is 5.56. The number of alkyl halides is 3. The zero-order valence-corrected chi connectivity index (χ0v) is 9.75. The van der Waals surface area contributed by atoms with E-state index < -0.39 is 11.7 Å². The average Bonchev–Trinajstić information content (AvgIpc) is 2.79. The minimum Gasteiger partial charge on any atom is -0.396 e. The van der Waals surface area contributed by atoms with Crippen molar-refractivity contribution in [2.75, 3.05) is 6.61 Å². The number of hydrogen-bond acceptors (Lipinski definition) is 1. The second-order valence-corrected chi connectivity index (χ2v) is 5.21. The second-order valence-electron chi connectivity index (χ2n) is 5.21. The Morgan fingerprint density at radius 1 is 1.29 bits per heavy atom. The highest BCUT2D eigenvalue weighted by Gasteiger charge is 2.57. The zero-order valence-electron chi connectivity index (χ0n) is 9.75. The number of aliphatic hydroxyl groups excluding tert-OH is 1. The third kappa shape index (κ3) is 2.06. The Balaban J connectivity index is 2.30. The summed E-state index contributed by atoms with van der Waals surface area (Å²) < 4.78 is 37.7. The summed E-state index contributed by atoms with van der Waals surface area (Å²) in [6.07, 6.45) is -4.30. The van der Waals surface area contributed by atoms with Crippen LogP contribution in [-0.2, 0) is 6.18 Å². The lowest BCUT2D eigenvalue weighted by Crippen LogP contribution is -2.05. The van der Waals surface area contributed by atoms with Crippen molar-refractivity contribution in [2.45, 2.75) is 25.9 Å². The molecule has 0 heterocycles. The normalized spacial score (nSPS) is 26.9. The first-order valence-electron chi connectivity index (χ1n) is 5.56. The smallest absolute Gasteiger partial charge is 0.396 e. The van der Waals surface area contributed by atoms with Gasteiger partial charge < -0.3 is 5.11 Å². The largest absolute Gasteiger partial charge is 0.416 e. The van der Waals surface area contributed by atoms with Crippen LogP contribution in [0.25, 0.3) is 0 Å². The Labute approximate surface area is 98.3 Å². The molecule has 0 radical (unpaired) electrons. The summed E-state index contributed by atoms with van der Waals surface area (Å²) in [7, 11) is 0. The molecule has 1 N–H and O–H groups in total. The maximum absolute atomic E-state index is 12.6. The van der Waals surface area contributed by atoms with Crippen LogP contribution in [0.3, 0.4) is 0 Å². The molecule has 0 amide bonds. The molecule has 1 fully saturated rings. The molecular formula is C13H15F3O. The van der Waals surface area contributed by atoms with Gasteiger partial charge in [-0.05, 0) is 28.9 Å². The first-order chi connectivity index (χ1) is 7.78. The van der Waals surface area contributed by atoms with E-state index in [1.807, 2.05) is 13.8 Å². The van der Waals surface area contributed by atoms with Crippen molar-refractivity contribution in [1.82, 2.24) is 0 Å². The van der Waals surface area contributed by atoms with Gasteiger partial charge in [0.05, 0.1) is 5.56 Å². The lowest BCUT2D eigenvalue weighted by atomic mass is 10.0. The van der Waals surface area contributed by atoms with Gasteiger partial charge in [0.15, 0.2) is 0 Å². The van der Waals surface area contributed by atoms with Gasteiger partial charge in [0.1, 0.15) is 0 Å². The summed E-state index contributed by atoms with van der Waals surface area (Å²) >= 11 is 0. The second kappa shape index (κ2) is 3.73. The molecule has 2 unspecified atom stereocenters. The van der Waals surface area contributed by atoms with Crippen LogP contribution in [0.4, 0.5) is 13.2 Å². The third-order valence-electron chi connectivity index (χ3n) is 3.82. The summed E-state index contributed by atoms with van der Waals surface area (Å²) in [4.78, 5) is 0. The highest BCUT2D eigenvalue weighted by Crippen LogP contribution is 2.64. The Hall–Kier alpha value is -1.03. The van der Waals surface area contributed by atoms with Crippen molar-refractivity contribution in [3.8, 4) is 0 Å². The molecule has 0 bridgehead atoms. The summed E-state index contributed by atoms with van der Waals surface area (Å²) in [6, 6.07) is 5.41. The van der Waals surface area contributed by atoms with Crippen LogP contribution in [0.5, 0.6) is 0 Å². The molecule has 1 aliphatic carbocycles. The van der Waals surface area contributed by atoms with Gasteiger partial charge >= 0.3 is 6.18 Å². The molecule has 1 nitrogen and oxygen atoms in total. The summed E-state index contributed by atoms with van der Waals surface area (Å²) in [5.41, 5.74) is -0.0582. The van der Waals surface area contributed by atoms with Crippen LogP contribution in [-0.4, -0.2) is 11.7 Å². The highest BCUT2D eigenvalue weighted by atomic mass is 19.4. The summed E-state index contributed by atoms with van der Waals surface area (Å²) in [6.45, 7) is 3.96. The van der Waals surface area contributed by atoms with E-state index in [9.17, 15) is 18.3 Å². The summed E-state index contributed by atoms with van der Waals surface area (Å²) in [5.74, 6) is 0.0841. The van der Waals surface area contributed by atoms with Gasteiger partial charge in [-0.3, -0.25) is 0 Å². The molecule has 4 heteroatoms. The van der Waals surface area contributed by atoms with Gasteiger partial charge in [-0.25, -0.2) is 0 Å². The Kier molecular flexibility index (Phi) is 2.73. The van der Waals surface area contributed by atoms with E-state index >= 15 is 0 Å². The van der Waals surface area contributed by atoms with E-state index in [1.165, 1.54) is 12.1 Å². The average molecular weight is 244 g/mol. The van der Waals surface area contributed by atoms with Crippen molar-refractivity contribution in [1.29, 1.82) is 0 Å². The number of halogens is 3. The van der Waals surface area contributed by atoms with E-state index in [2.05, 4.69) is 0 Å². The van der Waals surface area contributed by atoms with Gasteiger partial charge in [-0.2, -0.15) is 13.2 Å². The zero-order chi connectivity index (χ0) is 12.8. The van der Waals surface area contributed by atoms with Crippen LogP contribution >= 0.6 is 0 Å². The molecule has 1 saturated carbocycles. The molecule has 1 aliphatic rings. The van der Waals surface area contributed by atoms with Crippen LogP contribution in [0.15, 0.2) is 24.3 Å². The Bertz CT molecular complexity index is 423. The third-order valence-corrected chi connectivity index (χ3v) is 3.82. The SMILES string of the molecule is CC1(C)C(CO)C1c1cccc(C(F)(F)F)c1. The minimum absolute atomic E-state index is 0.0217. The Morgan fingerprint density at radius 3 is 2.41 bits per heavy atom. The fourth-order valence-corrected chi connectivity index (χ4v) is 2.66. The molecule has 2 rings (SSSR count). The fourth-order valence-electron chi connectivity index (χ4n) is 2.66. The standard InChI is InChI=1S/C13H15F3O/c1-12(2)10(7-17)11(12)8-4-3-5-9(6-8)13(14,15)16/h3-6,10-11,17H,7H2,1-2H3. The molecule has 17 heavy (non-hydrogen) atoms. The lowest BCUT2D eigenvalue weighted by Gasteiger charge is -2.09. The minimum atomic E-state index is -4.30. The van der Waals surface area contributed by atoms with Gasteiger partial charge in [-0.15, -0.1) is 0 Å². The van der Waals surface area contributed by atoms with E-state index in [4.69, 9.17) is 0 Å². The van der Waals surface area contributed by atoms with E-state index in [0.29, 0.717) is 5.56 Å². The molecule has 0 spiro atoms. The van der Waals surface area contributed by atoms with E-state index in [0.717, 1.165) is 6.07 Å². The predicted molar refractivity (Wildman–Crippen MR) is 58.5 cm³/mol. The van der Waals surface area contributed by atoms with Crippen molar-refractivity contribution in [3.05, 3.63) is 35.4 Å². The molecule has 1 aromatic rings. The molecule has 1 aromatic carbocycles. The van der Waals surface area contributed by atoms with Gasteiger partial charge in [0, 0.05) is 6.61 Å². The monoisotopic (exact) mass is 244 g/mol. The maximum Gasteiger partial charge on any atom is 0.416 e. The molecule has 94 valence electrons. The van der Waals surface area contributed by atoms with Gasteiger partial charge in [0.25, 0.3) is 0 Å². The maximum atomic E-state index is 12.6. The van der Waals surface area contributed by atoms with Crippen molar-refractivity contribution in [2.24, 2.45) is 11.3 Å². The number of aliphatic hydroxyl groups is 1. The number of hydrogen-bond donors (Lipinski definition) is 1.